The van der Waals surface area contributed by atoms with Crippen molar-refractivity contribution in [1.82, 2.24) is 9.97 Å². The molecule has 2 saturated carbocycles. The molecule has 0 saturated heterocycles. The molecule has 3 aliphatic carbocycles. The van der Waals surface area contributed by atoms with Crippen molar-refractivity contribution in [2.45, 2.75) is 24.9 Å². The van der Waals surface area contributed by atoms with E-state index in [0.29, 0.717) is 22.5 Å². The molecule has 5 atom stereocenters. The first-order chi connectivity index (χ1) is 19.9. The summed E-state index contributed by atoms with van der Waals surface area (Å²) in [5.74, 6) is -10.7. The van der Waals surface area contributed by atoms with E-state index in [1.165, 1.54) is 36.5 Å². The number of ketones is 4. The second kappa shape index (κ2) is 9.41. The van der Waals surface area contributed by atoms with Gasteiger partial charge >= 0.3 is 0 Å². The van der Waals surface area contributed by atoms with Gasteiger partial charge in [0.05, 0.1) is 28.3 Å². The third-order valence-corrected chi connectivity index (χ3v) is 8.48. The molecular formula is C28H23N5O9. The Morgan fingerprint density at radius 1 is 1.14 bits per heavy atom. The minimum absolute atomic E-state index is 0.0339. The maximum atomic E-state index is 13.7. The number of hydrogen-bond donors (Lipinski definition) is 5. The number of H-pyrrole nitrogens is 1. The van der Waals surface area contributed by atoms with Crippen molar-refractivity contribution >= 4 is 46.4 Å². The van der Waals surface area contributed by atoms with Crippen molar-refractivity contribution in [2.75, 3.05) is 5.32 Å². The van der Waals surface area contributed by atoms with E-state index in [9.17, 15) is 44.3 Å². The molecule has 0 bridgehead atoms. The highest BCUT2D eigenvalue weighted by Crippen LogP contribution is 2.51. The van der Waals surface area contributed by atoms with Crippen LogP contribution in [0, 0.1) is 33.8 Å². The Kier molecular flexibility index (Phi) is 6.04. The van der Waals surface area contributed by atoms with E-state index in [2.05, 4.69) is 15.3 Å². The van der Waals surface area contributed by atoms with Gasteiger partial charge < -0.3 is 26.2 Å². The molecule has 6 N–H and O–H groups in total. The van der Waals surface area contributed by atoms with Crippen molar-refractivity contribution in [2.24, 2.45) is 29.4 Å². The van der Waals surface area contributed by atoms with Gasteiger partial charge in [0, 0.05) is 35.7 Å². The molecule has 14 nitrogen and oxygen atoms in total. The number of fused-ring (bicyclic) bond motifs is 3. The molecule has 0 radical (unpaired) electrons. The summed E-state index contributed by atoms with van der Waals surface area (Å²) < 4.78 is 0. The van der Waals surface area contributed by atoms with Gasteiger partial charge in [-0.25, -0.2) is 4.98 Å². The van der Waals surface area contributed by atoms with Crippen LogP contribution in [0.3, 0.4) is 0 Å². The number of nitrogens with one attached hydrogen (secondary N) is 2. The molecule has 0 aliphatic heterocycles. The van der Waals surface area contributed by atoms with Crippen molar-refractivity contribution < 1.29 is 39.1 Å². The Labute approximate surface area is 236 Å². The third-order valence-electron chi connectivity index (χ3n) is 8.48. The Morgan fingerprint density at radius 3 is 2.62 bits per heavy atom. The number of hydrogen-bond acceptors (Lipinski definition) is 11. The smallest absolute Gasteiger partial charge is 0.270 e. The Bertz CT molecular complexity index is 1750. The summed E-state index contributed by atoms with van der Waals surface area (Å²) in [4.78, 5) is 82.6. The molecule has 2 aromatic carbocycles. The number of nitrogens with two attached hydrogens (primary N) is 1. The zero-order chi connectivity index (χ0) is 30.1. The number of phenolic OH excluding ortho intramolecular Hbond substituents is 1. The molecule has 2 unspecified atom stereocenters. The van der Waals surface area contributed by atoms with Crippen molar-refractivity contribution in [1.29, 1.82) is 0 Å². The summed E-state index contributed by atoms with van der Waals surface area (Å²) in [5.41, 5.74) is 3.97. The van der Waals surface area contributed by atoms with Crippen LogP contribution in [0.25, 0.3) is 11.3 Å². The van der Waals surface area contributed by atoms with Gasteiger partial charge in [-0.15, -0.1) is 0 Å². The number of imidazole rings is 1. The van der Waals surface area contributed by atoms with Gasteiger partial charge in [0.15, 0.2) is 34.7 Å². The van der Waals surface area contributed by atoms with Gasteiger partial charge in [-0.05, 0) is 36.5 Å². The number of non-ortho nitro benzene ring substituents is 1. The van der Waals surface area contributed by atoms with Crippen molar-refractivity contribution in [3.05, 3.63) is 63.8 Å². The van der Waals surface area contributed by atoms with Gasteiger partial charge in [0.2, 0.25) is 11.9 Å². The van der Waals surface area contributed by atoms with Crippen LogP contribution in [-0.4, -0.2) is 59.7 Å². The van der Waals surface area contributed by atoms with E-state index in [4.69, 9.17) is 5.73 Å². The standard InChI is InChI=1S/C28H23N5O9/c29-26(39)22-19(35)9-13-6-12-8-15-16(31-27-30-10-17(32-27)11-2-1-3-14(7-11)33(41)42)4-5-18(34)21(15)23(36)20(12)24(37)28(13,40)25(22)38/h1-5,7,10,12-13,20,22,34,40H,6,8-9H2,(H2,29,39)(H2,30,31,32)/t12-,13+,20?,22?,28+/m1/s1. The highest BCUT2D eigenvalue weighted by molar-refractivity contribution is 6.31. The summed E-state index contributed by atoms with van der Waals surface area (Å²) in [6, 6.07) is 8.71. The van der Waals surface area contributed by atoms with Gasteiger partial charge in [0.25, 0.3) is 5.69 Å². The quantitative estimate of drug-likeness (QED) is 0.126. The first-order valence-corrected chi connectivity index (χ1v) is 13.0. The monoisotopic (exact) mass is 573 g/mol. The van der Waals surface area contributed by atoms with Crippen LogP contribution in [0.2, 0.25) is 0 Å². The zero-order valence-electron chi connectivity index (χ0n) is 21.7. The predicted molar refractivity (Wildman–Crippen MR) is 142 cm³/mol. The molecule has 3 aromatic rings. The molecule has 0 spiro atoms. The summed E-state index contributed by atoms with van der Waals surface area (Å²) in [5, 5.41) is 36.1. The fourth-order valence-corrected chi connectivity index (χ4v) is 6.53. The van der Waals surface area contributed by atoms with Crippen LogP contribution in [0.15, 0.2) is 42.6 Å². The van der Waals surface area contributed by atoms with Crippen LogP contribution in [0.4, 0.5) is 17.3 Å². The topological polar surface area (TPSA) is 236 Å². The number of anilines is 2. The lowest BCUT2D eigenvalue weighted by molar-refractivity contribution is -0.384. The van der Waals surface area contributed by atoms with Crippen LogP contribution in [-0.2, 0) is 25.6 Å². The summed E-state index contributed by atoms with van der Waals surface area (Å²) in [6.45, 7) is 0. The number of carbonyl (C=O) groups is 5. The number of phenols is 1. The number of primary amides is 1. The van der Waals surface area contributed by atoms with E-state index >= 15 is 0 Å². The molecule has 3 aliphatic rings. The number of amides is 1. The summed E-state index contributed by atoms with van der Waals surface area (Å²) in [6.07, 6.45) is 1.09. The minimum Gasteiger partial charge on any atom is -0.507 e. The molecule has 1 aromatic heterocycles. The van der Waals surface area contributed by atoms with Gasteiger partial charge in [-0.1, -0.05) is 12.1 Å². The number of aromatic hydroxyl groups is 1. The number of Topliss-reactive ketones (excluding diaryl/α,β-unsaturated/α-hetero) is 4. The minimum atomic E-state index is -2.72. The lowest BCUT2D eigenvalue weighted by atomic mass is 9.54. The normalized spacial score (nSPS) is 26.7. The highest BCUT2D eigenvalue weighted by Gasteiger charge is 2.66. The Hall–Kier alpha value is -5.24. The van der Waals surface area contributed by atoms with Crippen LogP contribution in [0.5, 0.6) is 5.75 Å². The number of aliphatic hydroxyl groups is 1. The second-order valence-corrected chi connectivity index (χ2v) is 10.8. The van der Waals surface area contributed by atoms with Gasteiger partial charge in [0.1, 0.15) is 5.75 Å². The number of aromatic nitrogens is 2. The molecular weight excluding hydrogens is 550 g/mol. The highest BCUT2D eigenvalue weighted by atomic mass is 16.6. The number of carbonyl (C=O) groups excluding carboxylic acids is 5. The van der Waals surface area contributed by atoms with Crippen LogP contribution >= 0.6 is 0 Å². The molecule has 2 fully saturated rings. The lowest BCUT2D eigenvalue weighted by Crippen LogP contribution is -2.68. The Balaban J connectivity index is 1.33. The SMILES string of the molecule is NC(=O)C1C(=O)C[C@@H]2C[C@@H]3Cc4c(Nc5ncc(-c6cccc([N+](=O)[O-])c6)[nH]5)ccc(O)c4C(=O)C3C(=O)[C@]2(O)C1=O. The van der Waals surface area contributed by atoms with E-state index in [0.717, 1.165) is 0 Å². The van der Waals surface area contributed by atoms with Crippen LogP contribution in [0.1, 0.15) is 28.8 Å². The van der Waals surface area contributed by atoms with Crippen LogP contribution < -0.4 is 11.1 Å². The number of nitro groups is 1. The maximum Gasteiger partial charge on any atom is 0.270 e. The average molecular weight is 574 g/mol. The molecule has 1 amide bonds. The fraction of sp³-hybridized carbons (Fsp3) is 0.286. The number of rotatable bonds is 5. The number of nitrogens with zero attached hydrogens (tertiary/aromatic N) is 2. The van der Waals surface area contributed by atoms with E-state index in [-0.39, 0.29) is 30.0 Å². The molecule has 6 rings (SSSR count). The predicted octanol–water partition coefficient (Wildman–Crippen LogP) is 1.37. The second-order valence-electron chi connectivity index (χ2n) is 10.8. The van der Waals surface area contributed by atoms with E-state index < -0.39 is 75.4 Å². The lowest BCUT2D eigenvalue weighted by Gasteiger charge is -2.48. The third kappa shape index (κ3) is 3.90. The average Bonchev–Trinajstić information content (AvgIpc) is 3.41. The summed E-state index contributed by atoms with van der Waals surface area (Å²) in [7, 11) is 0. The van der Waals surface area contributed by atoms with E-state index in [1.807, 2.05) is 0 Å². The molecule has 1 heterocycles. The van der Waals surface area contributed by atoms with E-state index in [1.54, 1.807) is 6.07 Å². The largest absolute Gasteiger partial charge is 0.507 e. The number of nitro benzene ring substituents is 1. The molecule has 14 heteroatoms. The molecule has 42 heavy (non-hydrogen) atoms. The molecule has 214 valence electrons. The van der Waals surface area contributed by atoms with Gasteiger partial charge in [-0.3, -0.25) is 34.1 Å². The zero-order valence-corrected chi connectivity index (χ0v) is 21.7. The Morgan fingerprint density at radius 2 is 1.90 bits per heavy atom. The van der Waals surface area contributed by atoms with Crippen molar-refractivity contribution in [3.8, 4) is 17.0 Å². The fourth-order valence-electron chi connectivity index (χ4n) is 6.53. The number of benzene rings is 2. The van der Waals surface area contributed by atoms with Crippen molar-refractivity contribution in [3.63, 3.8) is 0 Å². The maximum absolute atomic E-state index is 13.7. The first kappa shape index (κ1) is 27.0. The summed E-state index contributed by atoms with van der Waals surface area (Å²) >= 11 is 0. The number of aromatic amines is 1. The van der Waals surface area contributed by atoms with Gasteiger partial charge in [-0.2, -0.15) is 0 Å². The first-order valence-electron chi connectivity index (χ1n) is 13.0.